The van der Waals surface area contributed by atoms with E-state index >= 15 is 0 Å². The minimum absolute atomic E-state index is 0.0525. The molecule has 2 rings (SSSR count). The second-order valence-corrected chi connectivity index (χ2v) is 8.38. The molecule has 0 amide bonds. The molecule has 0 unspecified atom stereocenters. The van der Waals surface area contributed by atoms with Gasteiger partial charge in [-0.05, 0) is 24.6 Å². The van der Waals surface area contributed by atoms with Gasteiger partial charge in [0.05, 0.1) is 11.9 Å². The summed E-state index contributed by atoms with van der Waals surface area (Å²) in [6, 6.07) is 7.16. The number of carbonyl (C=O) groups excluding carboxylic acids is 1. The summed E-state index contributed by atoms with van der Waals surface area (Å²) >= 11 is 3.32. The van der Waals surface area contributed by atoms with Crippen molar-refractivity contribution in [2.24, 2.45) is 5.73 Å². The fourth-order valence-corrected chi connectivity index (χ4v) is 4.86. The van der Waals surface area contributed by atoms with Crippen molar-refractivity contribution >= 4 is 31.7 Å². The first-order valence-electron chi connectivity index (χ1n) is 6.72. The van der Waals surface area contributed by atoms with Crippen LogP contribution in [-0.2, 0) is 19.4 Å². The molecule has 116 valence electrons. The van der Waals surface area contributed by atoms with Crippen LogP contribution in [0.15, 0.2) is 28.7 Å². The standard InChI is InChI=1S/C14H18BrNO4S/c1-3-20-13(17)14(16)11(12(14)21(18,19)4-2)9-5-7-10(15)8-6-9/h5-8,11-12H,3-4,16H2,1-2H3/t11-,12-,14-/m0/s1. The molecule has 0 aliphatic heterocycles. The number of nitrogens with two attached hydrogens (primary N) is 1. The Kier molecular flexibility index (Phi) is 4.46. The normalized spacial score (nSPS) is 28.2. The van der Waals surface area contributed by atoms with Crippen LogP contribution in [0, 0.1) is 0 Å². The van der Waals surface area contributed by atoms with Gasteiger partial charge in [0.15, 0.2) is 9.84 Å². The van der Waals surface area contributed by atoms with E-state index in [2.05, 4.69) is 15.9 Å². The summed E-state index contributed by atoms with van der Waals surface area (Å²) < 4.78 is 30.3. The average molecular weight is 376 g/mol. The summed E-state index contributed by atoms with van der Waals surface area (Å²) in [5, 5.41) is -0.921. The van der Waals surface area contributed by atoms with Crippen molar-refractivity contribution in [2.75, 3.05) is 12.4 Å². The predicted octanol–water partition coefficient (Wildman–Crippen LogP) is 1.61. The molecule has 3 atom stereocenters. The molecule has 2 N–H and O–H groups in total. The molecule has 0 spiro atoms. The van der Waals surface area contributed by atoms with E-state index in [0.717, 1.165) is 10.0 Å². The highest BCUT2D eigenvalue weighted by atomic mass is 79.9. The van der Waals surface area contributed by atoms with Crippen LogP contribution < -0.4 is 5.73 Å². The van der Waals surface area contributed by atoms with Gasteiger partial charge in [-0.25, -0.2) is 13.2 Å². The molecule has 1 saturated carbocycles. The Balaban J connectivity index is 2.42. The van der Waals surface area contributed by atoms with Gasteiger partial charge in [0.2, 0.25) is 0 Å². The lowest BCUT2D eigenvalue weighted by Crippen LogP contribution is -2.41. The van der Waals surface area contributed by atoms with Crippen LogP contribution in [0.4, 0.5) is 0 Å². The summed E-state index contributed by atoms with van der Waals surface area (Å²) in [5.41, 5.74) is 5.38. The lowest BCUT2D eigenvalue weighted by Gasteiger charge is -2.10. The Hall–Kier alpha value is -0.920. The molecule has 7 heteroatoms. The van der Waals surface area contributed by atoms with Crippen molar-refractivity contribution in [3.05, 3.63) is 34.3 Å². The maximum atomic E-state index is 12.2. The number of carbonyl (C=O) groups is 1. The molecule has 0 radical (unpaired) electrons. The van der Waals surface area contributed by atoms with Crippen LogP contribution in [0.1, 0.15) is 25.3 Å². The SMILES string of the molecule is CCOC(=O)[C@]1(N)[C@@H](c2ccc(Br)cc2)[C@@H]1S(=O)(=O)CC. The lowest BCUT2D eigenvalue weighted by molar-refractivity contribution is -0.145. The predicted molar refractivity (Wildman–Crippen MR) is 83.7 cm³/mol. The fraction of sp³-hybridized carbons (Fsp3) is 0.500. The van der Waals surface area contributed by atoms with Crippen molar-refractivity contribution in [2.45, 2.75) is 30.6 Å². The zero-order chi connectivity index (χ0) is 15.8. The number of ether oxygens (including phenoxy) is 1. The van der Waals surface area contributed by atoms with E-state index in [1.807, 2.05) is 0 Å². The Morgan fingerprint density at radius 1 is 1.33 bits per heavy atom. The second kappa shape index (κ2) is 5.70. The maximum Gasteiger partial charge on any atom is 0.328 e. The Labute approximate surface area is 132 Å². The molecule has 21 heavy (non-hydrogen) atoms. The summed E-state index contributed by atoms with van der Waals surface area (Å²) in [4.78, 5) is 12.1. The fourth-order valence-electron chi connectivity index (χ4n) is 2.68. The van der Waals surface area contributed by atoms with Crippen LogP contribution in [0.25, 0.3) is 0 Å². The number of hydrogen-bond donors (Lipinski definition) is 1. The molecule has 1 aromatic carbocycles. The lowest BCUT2D eigenvalue weighted by atomic mass is 10.1. The minimum atomic E-state index is -3.44. The number of hydrogen-bond acceptors (Lipinski definition) is 5. The molecule has 5 nitrogen and oxygen atoms in total. The molecule has 0 bridgehead atoms. The van der Waals surface area contributed by atoms with Gasteiger partial charge >= 0.3 is 5.97 Å². The van der Waals surface area contributed by atoms with E-state index in [1.54, 1.807) is 38.1 Å². The van der Waals surface area contributed by atoms with Gasteiger partial charge < -0.3 is 10.5 Å². The van der Waals surface area contributed by atoms with E-state index < -0.39 is 32.5 Å². The van der Waals surface area contributed by atoms with Gasteiger partial charge in [0.25, 0.3) is 0 Å². The average Bonchev–Trinajstić information content (AvgIpc) is 3.09. The molecule has 0 aromatic heterocycles. The topological polar surface area (TPSA) is 86.5 Å². The Morgan fingerprint density at radius 2 is 1.90 bits per heavy atom. The Morgan fingerprint density at radius 3 is 2.38 bits per heavy atom. The Bertz CT molecular complexity index is 643. The van der Waals surface area contributed by atoms with E-state index in [1.165, 1.54) is 0 Å². The third kappa shape index (κ3) is 2.74. The monoisotopic (exact) mass is 375 g/mol. The number of esters is 1. The van der Waals surface area contributed by atoms with Crippen LogP contribution >= 0.6 is 15.9 Å². The first-order valence-corrected chi connectivity index (χ1v) is 9.23. The zero-order valence-corrected chi connectivity index (χ0v) is 14.3. The number of rotatable bonds is 5. The van der Waals surface area contributed by atoms with E-state index in [-0.39, 0.29) is 12.4 Å². The molecule has 1 aliphatic rings. The summed E-state index contributed by atoms with van der Waals surface area (Å²) in [7, 11) is -3.44. The van der Waals surface area contributed by atoms with E-state index in [4.69, 9.17) is 10.5 Å². The molecular weight excluding hydrogens is 358 g/mol. The molecular formula is C14H18BrNO4S. The van der Waals surface area contributed by atoms with Crippen molar-refractivity contribution in [1.29, 1.82) is 0 Å². The van der Waals surface area contributed by atoms with E-state index in [0.29, 0.717) is 0 Å². The van der Waals surface area contributed by atoms with Gasteiger partial charge in [-0.2, -0.15) is 0 Å². The summed E-state index contributed by atoms with van der Waals surface area (Å²) in [6.45, 7) is 3.39. The molecule has 1 fully saturated rings. The van der Waals surface area contributed by atoms with Crippen molar-refractivity contribution in [3.8, 4) is 0 Å². The summed E-state index contributed by atoms with van der Waals surface area (Å²) in [6.07, 6.45) is 0. The number of sulfone groups is 1. The number of halogens is 1. The van der Waals surface area contributed by atoms with Gasteiger partial charge in [-0.15, -0.1) is 0 Å². The first-order chi connectivity index (χ1) is 9.79. The highest BCUT2D eigenvalue weighted by Crippen LogP contribution is 2.55. The summed E-state index contributed by atoms with van der Waals surface area (Å²) in [5.74, 6) is -1.27. The van der Waals surface area contributed by atoms with Gasteiger partial charge in [0, 0.05) is 16.1 Å². The largest absolute Gasteiger partial charge is 0.465 e. The van der Waals surface area contributed by atoms with Crippen molar-refractivity contribution < 1.29 is 17.9 Å². The molecule has 0 saturated heterocycles. The third-order valence-electron chi connectivity index (χ3n) is 3.83. The second-order valence-electron chi connectivity index (χ2n) is 5.05. The number of benzene rings is 1. The van der Waals surface area contributed by atoms with Gasteiger partial charge in [0.1, 0.15) is 5.54 Å². The zero-order valence-electron chi connectivity index (χ0n) is 11.9. The first kappa shape index (κ1) is 16.5. The quantitative estimate of drug-likeness (QED) is 0.789. The van der Waals surface area contributed by atoms with Crippen molar-refractivity contribution in [1.82, 2.24) is 0 Å². The van der Waals surface area contributed by atoms with Gasteiger partial charge in [-0.1, -0.05) is 35.0 Å². The molecule has 0 heterocycles. The van der Waals surface area contributed by atoms with Crippen molar-refractivity contribution in [3.63, 3.8) is 0 Å². The van der Waals surface area contributed by atoms with Crippen LogP contribution in [0.2, 0.25) is 0 Å². The molecule has 1 aromatic rings. The minimum Gasteiger partial charge on any atom is -0.465 e. The van der Waals surface area contributed by atoms with Crippen LogP contribution in [0.5, 0.6) is 0 Å². The highest BCUT2D eigenvalue weighted by molar-refractivity contribution is 9.10. The van der Waals surface area contributed by atoms with Crippen LogP contribution in [-0.4, -0.2) is 37.5 Å². The third-order valence-corrected chi connectivity index (χ3v) is 6.60. The smallest absolute Gasteiger partial charge is 0.328 e. The van der Waals surface area contributed by atoms with Crippen LogP contribution in [0.3, 0.4) is 0 Å². The highest BCUT2D eigenvalue weighted by Gasteiger charge is 2.74. The van der Waals surface area contributed by atoms with E-state index in [9.17, 15) is 13.2 Å². The molecule has 1 aliphatic carbocycles. The van der Waals surface area contributed by atoms with Gasteiger partial charge in [-0.3, -0.25) is 0 Å². The maximum absolute atomic E-state index is 12.2.